The molecule has 2 unspecified atom stereocenters. The predicted octanol–water partition coefficient (Wildman–Crippen LogP) is 3.99. The highest BCUT2D eigenvalue weighted by Gasteiger charge is 2.13. The number of aromatic nitrogens is 1. The largest absolute Gasteiger partial charge is 0.367 e. The third-order valence-corrected chi connectivity index (χ3v) is 3.48. The van der Waals surface area contributed by atoms with Gasteiger partial charge >= 0.3 is 0 Å². The second-order valence-electron chi connectivity index (χ2n) is 4.58. The molecule has 0 aliphatic carbocycles. The topological polar surface area (TPSA) is 68.1 Å². The first kappa shape index (κ1) is 14.9. The SMILES string of the molecule is CCC(C)CC(C)Nc1ncc([N+](=O)[O-])cc1Br. The Morgan fingerprint density at radius 1 is 1.56 bits per heavy atom. The number of nitrogens with zero attached hydrogens (tertiary/aromatic N) is 2. The maximum atomic E-state index is 10.6. The zero-order valence-corrected chi connectivity index (χ0v) is 12.4. The van der Waals surface area contributed by atoms with Gasteiger partial charge in [0.15, 0.2) is 0 Å². The van der Waals surface area contributed by atoms with E-state index in [1.54, 1.807) is 0 Å². The van der Waals surface area contributed by atoms with Crippen molar-refractivity contribution in [2.45, 2.75) is 39.7 Å². The number of rotatable bonds is 6. The summed E-state index contributed by atoms with van der Waals surface area (Å²) in [5, 5.41) is 13.9. The Morgan fingerprint density at radius 3 is 2.72 bits per heavy atom. The third-order valence-electron chi connectivity index (χ3n) is 2.87. The standard InChI is InChI=1S/C12H18BrN3O2/c1-4-8(2)5-9(3)15-12-11(13)6-10(7-14-12)16(17)18/h6-9H,4-5H2,1-3H3,(H,14,15). The molecule has 0 aliphatic rings. The van der Waals surface area contributed by atoms with Crippen LogP contribution in [0, 0.1) is 16.0 Å². The van der Waals surface area contributed by atoms with E-state index in [2.05, 4.69) is 47.0 Å². The van der Waals surface area contributed by atoms with Crippen LogP contribution in [0.15, 0.2) is 16.7 Å². The van der Waals surface area contributed by atoms with Gasteiger partial charge in [0.1, 0.15) is 12.0 Å². The molecule has 1 heterocycles. The van der Waals surface area contributed by atoms with Crippen molar-refractivity contribution in [3.8, 4) is 0 Å². The number of pyridine rings is 1. The molecule has 0 bridgehead atoms. The summed E-state index contributed by atoms with van der Waals surface area (Å²) in [5.74, 6) is 1.29. The maximum absolute atomic E-state index is 10.6. The number of hydrogen-bond acceptors (Lipinski definition) is 4. The number of anilines is 1. The summed E-state index contributed by atoms with van der Waals surface area (Å²) in [5.41, 5.74) is -0.0120. The lowest BCUT2D eigenvalue weighted by Crippen LogP contribution is -2.19. The Bertz CT molecular complexity index is 426. The summed E-state index contributed by atoms with van der Waals surface area (Å²) < 4.78 is 0.618. The van der Waals surface area contributed by atoms with Crippen molar-refractivity contribution >= 4 is 27.4 Å². The van der Waals surface area contributed by atoms with E-state index in [4.69, 9.17) is 0 Å². The van der Waals surface area contributed by atoms with Crippen LogP contribution in [0.25, 0.3) is 0 Å². The van der Waals surface area contributed by atoms with Gasteiger partial charge in [-0.2, -0.15) is 0 Å². The normalized spacial score (nSPS) is 14.0. The molecular formula is C12H18BrN3O2. The first-order chi connectivity index (χ1) is 8.43. The summed E-state index contributed by atoms with van der Waals surface area (Å²) in [6.45, 7) is 6.45. The molecule has 5 nitrogen and oxygen atoms in total. The lowest BCUT2D eigenvalue weighted by Gasteiger charge is -2.18. The van der Waals surface area contributed by atoms with E-state index < -0.39 is 4.92 Å². The van der Waals surface area contributed by atoms with Crippen molar-refractivity contribution in [2.75, 3.05) is 5.32 Å². The summed E-state index contributed by atoms with van der Waals surface area (Å²) in [7, 11) is 0. The van der Waals surface area contributed by atoms with Crippen LogP contribution in [0.5, 0.6) is 0 Å². The van der Waals surface area contributed by atoms with Gasteiger partial charge in [0.05, 0.1) is 9.40 Å². The molecule has 1 N–H and O–H groups in total. The molecule has 0 amide bonds. The van der Waals surface area contributed by atoms with Gasteiger partial charge in [-0.1, -0.05) is 20.3 Å². The highest BCUT2D eigenvalue weighted by molar-refractivity contribution is 9.10. The molecule has 1 aromatic rings. The van der Waals surface area contributed by atoms with Crippen LogP contribution in [-0.2, 0) is 0 Å². The van der Waals surface area contributed by atoms with Crippen LogP contribution >= 0.6 is 15.9 Å². The number of hydrogen-bond donors (Lipinski definition) is 1. The second-order valence-corrected chi connectivity index (χ2v) is 5.43. The predicted molar refractivity (Wildman–Crippen MR) is 75.7 cm³/mol. The molecule has 1 rings (SSSR count). The van der Waals surface area contributed by atoms with Crippen molar-refractivity contribution < 1.29 is 4.92 Å². The molecule has 0 saturated heterocycles. The maximum Gasteiger partial charge on any atom is 0.288 e. The van der Waals surface area contributed by atoms with Gasteiger partial charge in [0.2, 0.25) is 0 Å². The van der Waals surface area contributed by atoms with Crippen LogP contribution < -0.4 is 5.32 Å². The van der Waals surface area contributed by atoms with Crippen molar-refractivity contribution in [1.29, 1.82) is 0 Å². The quantitative estimate of drug-likeness (QED) is 0.636. The van der Waals surface area contributed by atoms with Gasteiger partial charge in [-0.05, 0) is 35.2 Å². The fourth-order valence-corrected chi connectivity index (χ4v) is 2.15. The summed E-state index contributed by atoms with van der Waals surface area (Å²) >= 11 is 3.30. The third kappa shape index (κ3) is 4.25. The van der Waals surface area contributed by atoms with Crippen molar-refractivity contribution in [2.24, 2.45) is 5.92 Å². The molecule has 100 valence electrons. The minimum absolute atomic E-state index is 0.0120. The molecule has 0 fully saturated rings. The van der Waals surface area contributed by atoms with Gasteiger partial charge in [0.25, 0.3) is 5.69 Å². The lowest BCUT2D eigenvalue weighted by molar-refractivity contribution is -0.385. The van der Waals surface area contributed by atoms with Crippen LogP contribution in [-0.4, -0.2) is 15.9 Å². The molecular weight excluding hydrogens is 298 g/mol. The molecule has 2 atom stereocenters. The molecule has 0 spiro atoms. The molecule has 0 radical (unpaired) electrons. The van der Waals surface area contributed by atoms with Gasteiger partial charge in [-0.25, -0.2) is 4.98 Å². The smallest absolute Gasteiger partial charge is 0.288 e. The summed E-state index contributed by atoms with van der Waals surface area (Å²) in [6.07, 6.45) is 3.45. The van der Waals surface area contributed by atoms with Crippen LogP contribution in [0.3, 0.4) is 0 Å². The number of halogens is 1. The highest BCUT2D eigenvalue weighted by atomic mass is 79.9. The Hall–Kier alpha value is -1.17. The van der Waals surface area contributed by atoms with Crippen molar-refractivity contribution in [1.82, 2.24) is 4.98 Å². The van der Waals surface area contributed by atoms with Crippen molar-refractivity contribution in [3.05, 3.63) is 26.9 Å². The molecule has 0 aliphatic heterocycles. The van der Waals surface area contributed by atoms with E-state index in [1.807, 2.05) is 0 Å². The lowest BCUT2D eigenvalue weighted by atomic mass is 10.0. The van der Waals surface area contributed by atoms with E-state index in [0.29, 0.717) is 16.2 Å². The fourth-order valence-electron chi connectivity index (χ4n) is 1.70. The van der Waals surface area contributed by atoms with Gasteiger partial charge < -0.3 is 5.32 Å². The Labute approximate surface area is 115 Å². The Kier molecular flexibility index (Phi) is 5.53. The zero-order chi connectivity index (χ0) is 13.7. The average Bonchev–Trinajstić information content (AvgIpc) is 2.31. The first-order valence-corrected chi connectivity index (χ1v) is 6.79. The molecule has 18 heavy (non-hydrogen) atoms. The number of nitrogens with one attached hydrogen (secondary N) is 1. The molecule has 0 aromatic carbocycles. The van der Waals surface area contributed by atoms with Gasteiger partial charge in [-0.15, -0.1) is 0 Å². The van der Waals surface area contributed by atoms with E-state index >= 15 is 0 Å². The minimum Gasteiger partial charge on any atom is -0.367 e. The summed E-state index contributed by atoms with van der Waals surface area (Å²) in [4.78, 5) is 14.2. The van der Waals surface area contributed by atoms with E-state index in [-0.39, 0.29) is 11.7 Å². The van der Waals surface area contributed by atoms with E-state index in [9.17, 15) is 10.1 Å². The fraction of sp³-hybridized carbons (Fsp3) is 0.583. The second kappa shape index (κ2) is 6.68. The molecule has 0 saturated carbocycles. The molecule has 6 heteroatoms. The van der Waals surface area contributed by atoms with Crippen molar-refractivity contribution in [3.63, 3.8) is 0 Å². The average molecular weight is 316 g/mol. The highest BCUT2D eigenvalue weighted by Crippen LogP contribution is 2.25. The monoisotopic (exact) mass is 315 g/mol. The summed E-state index contributed by atoms with van der Waals surface area (Å²) in [6, 6.07) is 1.75. The van der Waals surface area contributed by atoms with E-state index in [0.717, 1.165) is 12.8 Å². The van der Waals surface area contributed by atoms with Crippen LogP contribution in [0.4, 0.5) is 11.5 Å². The zero-order valence-electron chi connectivity index (χ0n) is 10.8. The number of nitro groups is 1. The van der Waals surface area contributed by atoms with Gasteiger partial charge in [-0.3, -0.25) is 10.1 Å². The Balaban J connectivity index is 2.70. The van der Waals surface area contributed by atoms with E-state index in [1.165, 1.54) is 12.3 Å². The first-order valence-electron chi connectivity index (χ1n) is 6.00. The van der Waals surface area contributed by atoms with Gasteiger partial charge in [0, 0.05) is 12.1 Å². The Morgan fingerprint density at radius 2 is 2.22 bits per heavy atom. The minimum atomic E-state index is -0.454. The molecule has 1 aromatic heterocycles. The van der Waals surface area contributed by atoms with Crippen LogP contribution in [0.1, 0.15) is 33.6 Å². The van der Waals surface area contributed by atoms with Crippen LogP contribution in [0.2, 0.25) is 0 Å².